The van der Waals surface area contributed by atoms with E-state index in [0.717, 1.165) is 12.5 Å². The minimum Gasteiger partial charge on any atom is -0.321 e. The second-order valence-electron chi connectivity index (χ2n) is 5.96. The molecule has 0 aromatic heterocycles. The van der Waals surface area contributed by atoms with E-state index in [9.17, 15) is 13.6 Å². The lowest BCUT2D eigenvalue weighted by Crippen LogP contribution is -2.32. The van der Waals surface area contributed by atoms with E-state index in [1.807, 2.05) is 6.92 Å². The monoisotopic (exact) mass is 294 g/mol. The Labute approximate surface area is 123 Å². The summed E-state index contributed by atoms with van der Waals surface area (Å²) in [5.41, 5.74) is 0.344. The molecule has 3 rings (SSSR count). The van der Waals surface area contributed by atoms with Crippen LogP contribution in [0.5, 0.6) is 0 Å². The summed E-state index contributed by atoms with van der Waals surface area (Å²) in [5, 5.41) is 3.18. The molecule has 21 heavy (non-hydrogen) atoms. The average molecular weight is 294 g/mol. The molecule has 2 atom stereocenters. The summed E-state index contributed by atoms with van der Waals surface area (Å²) in [6, 6.07) is 3.26. The molecule has 1 aromatic rings. The van der Waals surface area contributed by atoms with Gasteiger partial charge in [0, 0.05) is 18.2 Å². The largest absolute Gasteiger partial charge is 0.321 e. The van der Waals surface area contributed by atoms with Gasteiger partial charge in [-0.2, -0.15) is 0 Å². The summed E-state index contributed by atoms with van der Waals surface area (Å²) in [6.45, 7) is 2.56. The van der Waals surface area contributed by atoms with Gasteiger partial charge >= 0.3 is 0 Å². The van der Waals surface area contributed by atoms with Crippen molar-refractivity contribution in [2.75, 3.05) is 6.54 Å². The van der Waals surface area contributed by atoms with Gasteiger partial charge in [0.25, 0.3) is 0 Å². The first-order valence-corrected chi connectivity index (χ1v) is 7.61. The Morgan fingerprint density at radius 2 is 2.10 bits per heavy atom. The number of benzene rings is 1. The lowest BCUT2D eigenvalue weighted by Gasteiger charge is -2.25. The van der Waals surface area contributed by atoms with Crippen molar-refractivity contribution in [1.29, 1.82) is 0 Å². The number of halogens is 2. The maximum absolute atomic E-state index is 14.0. The Kier molecular flexibility index (Phi) is 3.93. The van der Waals surface area contributed by atoms with E-state index < -0.39 is 17.8 Å². The molecule has 5 heteroatoms. The third kappa shape index (κ3) is 2.93. The number of rotatable bonds is 5. The van der Waals surface area contributed by atoms with Crippen LogP contribution in [-0.4, -0.2) is 23.4 Å². The van der Waals surface area contributed by atoms with Crippen LogP contribution >= 0.6 is 0 Å². The van der Waals surface area contributed by atoms with Crippen LogP contribution in [0.4, 0.5) is 8.78 Å². The molecule has 0 radical (unpaired) electrons. The molecule has 1 heterocycles. The van der Waals surface area contributed by atoms with Crippen molar-refractivity contribution in [2.45, 2.75) is 44.8 Å². The number of carbonyl (C=O) groups is 1. The Hall–Kier alpha value is -1.49. The molecule has 114 valence electrons. The highest BCUT2D eigenvalue weighted by atomic mass is 19.1. The molecular weight excluding hydrogens is 274 g/mol. The fraction of sp³-hybridized carbons (Fsp3) is 0.562. The first kappa shape index (κ1) is 14.4. The number of nitrogens with zero attached hydrogens (tertiary/aromatic N) is 1. The van der Waals surface area contributed by atoms with Gasteiger partial charge in [0.1, 0.15) is 17.8 Å². The van der Waals surface area contributed by atoms with Crippen molar-refractivity contribution in [2.24, 2.45) is 5.92 Å². The van der Waals surface area contributed by atoms with Gasteiger partial charge in [0.05, 0.1) is 6.04 Å². The zero-order valence-corrected chi connectivity index (χ0v) is 12.1. The third-order valence-corrected chi connectivity index (χ3v) is 4.39. The number of hydrogen-bond donors (Lipinski definition) is 1. The molecule has 2 unspecified atom stereocenters. The van der Waals surface area contributed by atoms with Gasteiger partial charge in [-0.25, -0.2) is 8.78 Å². The predicted octanol–water partition coefficient (Wildman–Crippen LogP) is 2.97. The molecule has 2 fully saturated rings. The number of hydrogen-bond acceptors (Lipinski definition) is 2. The SMILES string of the molecule is CCC1NC(c2ccc(F)cc2F)N(CCC2CC2)C1=O. The fourth-order valence-corrected chi connectivity index (χ4v) is 2.92. The molecule has 0 bridgehead atoms. The summed E-state index contributed by atoms with van der Waals surface area (Å²) < 4.78 is 27.1. The second-order valence-corrected chi connectivity index (χ2v) is 5.96. The third-order valence-electron chi connectivity index (χ3n) is 4.39. The molecule has 0 spiro atoms. The van der Waals surface area contributed by atoms with Gasteiger partial charge in [-0.15, -0.1) is 0 Å². The van der Waals surface area contributed by atoms with Crippen LogP contribution in [0, 0.1) is 17.6 Å². The van der Waals surface area contributed by atoms with Crippen LogP contribution < -0.4 is 5.32 Å². The second kappa shape index (κ2) is 5.72. The summed E-state index contributed by atoms with van der Waals surface area (Å²) in [7, 11) is 0. The summed E-state index contributed by atoms with van der Waals surface area (Å²) in [6.07, 6.45) is 3.59. The van der Waals surface area contributed by atoms with Crippen LogP contribution in [0.2, 0.25) is 0 Å². The zero-order valence-electron chi connectivity index (χ0n) is 12.1. The molecule has 1 saturated heterocycles. The molecular formula is C16H20F2N2O. The van der Waals surface area contributed by atoms with Crippen LogP contribution in [0.3, 0.4) is 0 Å². The summed E-state index contributed by atoms with van der Waals surface area (Å²) in [5.74, 6) is -0.477. The number of carbonyl (C=O) groups excluding carboxylic acids is 1. The fourth-order valence-electron chi connectivity index (χ4n) is 2.92. The first-order chi connectivity index (χ1) is 10.1. The smallest absolute Gasteiger partial charge is 0.241 e. The van der Waals surface area contributed by atoms with E-state index in [0.29, 0.717) is 24.4 Å². The molecule has 1 N–H and O–H groups in total. The minimum absolute atomic E-state index is 0.0203. The Bertz CT molecular complexity index is 545. The van der Waals surface area contributed by atoms with E-state index in [1.54, 1.807) is 4.90 Å². The molecule has 1 saturated carbocycles. The van der Waals surface area contributed by atoms with Crippen LogP contribution in [0.1, 0.15) is 44.3 Å². The van der Waals surface area contributed by atoms with Gasteiger partial charge in [-0.3, -0.25) is 10.1 Å². The Balaban J connectivity index is 1.83. The van der Waals surface area contributed by atoms with E-state index >= 15 is 0 Å². The molecule has 2 aliphatic rings. The number of nitrogens with one attached hydrogen (secondary N) is 1. The topological polar surface area (TPSA) is 32.3 Å². The van der Waals surface area contributed by atoms with Gasteiger partial charge in [-0.1, -0.05) is 19.8 Å². The Morgan fingerprint density at radius 1 is 1.33 bits per heavy atom. The van der Waals surface area contributed by atoms with E-state index in [2.05, 4.69) is 5.32 Å². The molecule has 1 aliphatic heterocycles. The van der Waals surface area contributed by atoms with Crippen molar-refractivity contribution in [3.05, 3.63) is 35.4 Å². The highest BCUT2D eigenvalue weighted by Gasteiger charge is 2.40. The quantitative estimate of drug-likeness (QED) is 0.905. The van der Waals surface area contributed by atoms with Gasteiger partial charge in [-0.05, 0) is 30.9 Å². The van der Waals surface area contributed by atoms with Gasteiger partial charge < -0.3 is 4.90 Å². The normalized spacial score (nSPS) is 25.7. The van der Waals surface area contributed by atoms with Gasteiger partial charge in [0.2, 0.25) is 5.91 Å². The van der Waals surface area contributed by atoms with Crippen LogP contribution in [0.25, 0.3) is 0 Å². The minimum atomic E-state index is -0.603. The average Bonchev–Trinajstić information content (AvgIpc) is 3.22. The molecule has 3 nitrogen and oxygen atoms in total. The summed E-state index contributed by atoms with van der Waals surface area (Å²) >= 11 is 0. The Morgan fingerprint density at radius 3 is 2.71 bits per heavy atom. The van der Waals surface area contributed by atoms with Crippen molar-refractivity contribution in [3.8, 4) is 0 Å². The van der Waals surface area contributed by atoms with Crippen molar-refractivity contribution >= 4 is 5.91 Å². The van der Waals surface area contributed by atoms with E-state index in [1.165, 1.54) is 25.0 Å². The van der Waals surface area contributed by atoms with Gasteiger partial charge in [0.15, 0.2) is 0 Å². The molecule has 1 aliphatic carbocycles. The highest BCUT2D eigenvalue weighted by Crippen LogP contribution is 2.35. The maximum atomic E-state index is 14.0. The predicted molar refractivity (Wildman–Crippen MR) is 75.4 cm³/mol. The van der Waals surface area contributed by atoms with E-state index in [-0.39, 0.29) is 11.9 Å². The summed E-state index contributed by atoms with van der Waals surface area (Å²) in [4.78, 5) is 14.1. The first-order valence-electron chi connectivity index (χ1n) is 7.61. The van der Waals surface area contributed by atoms with Crippen LogP contribution in [-0.2, 0) is 4.79 Å². The standard InChI is InChI=1S/C16H20F2N2O/c1-2-14-16(21)20(8-7-10-3-4-10)15(19-14)12-6-5-11(17)9-13(12)18/h5-6,9-10,14-15,19H,2-4,7-8H2,1H3. The van der Waals surface area contributed by atoms with Crippen molar-refractivity contribution in [1.82, 2.24) is 10.2 Å². The molecule has 1 aromatic carbocycles. The lowest BCUT2D eigenvalue weighted by atomic mass is 10.1. The van der Waals surface area contributed by atoms with E-state index in [4.69, 9.17) is 0 Å². The molecule has 1 amide bonds. The number of amides is 1. The highest BCUT2D eigenvalue weighted by molar-refractivity contribution is 5.84. The maximum Gasteiger partial charge on any atom is 0.241 e. The van der Waals surface area contributed by atoms with Crippen molar-refractivity contribution in [3.63, 3.8) is 0 Å². The zero-order chi connectivity index (χ0) is 15.0. The van der Waals surface area contributed by atoms with Crippen LogP contribution in [0.15, 0.2) is 18.2 Å². The lowest BCUT2D eigenvalue weighted by molar-refractivity contribution is -0.130. The van der Waals surface area contributed by atoms with Crippen molar-refractivity contribution < 1.29 is 13.6 Å².